The van der Waals surface area contributed by atoms with Crippen molar-refractivity contribution in [3.05, 3.63) is 35.9 Å². The largest absolute Gasteiger partial charge is 0.388 e. The van der Waals surface area contributed by atoms with Gasteiger partial charge in [0, 0.05) is 19.5 Å². The van der Waals surface area contributed by atoms with Gasteiger partial charge in [-0.2, -0.15) is 0 Å². The van der Waals surface area contributed by atoms with Crippen molar-refractivity contribution in [1.29, 1.82) is 0 Å². The minimum absolute atomic E-state index is 0.0438. The van der Waals surface area contributed by atoms with Gasteiger partial charge in [-0.05, 0) is 31.4 Å². The Hall–Kier alpha value is -3.26. The Kier molecular flexibility index (Phi) is 12.4. The van der Waals surface area contributed by atoms with Crippen LogP contribution in [0.25, 0.3) is 0 Å². The molecule has 4 rings (SSSR count). The monoisotopic (exact) mass is 653 g/mol. The van der Waals surface area contributed by atoms with Gasteiger partial charge in [0.05, 0.1) is 0 Å². The molecule has 1 aromatic rings. The number of benzene rings is 1. The lowest BCUT2D eigenvalue weighted by Crippen LogP contribution is -2.66. The van der Waals surface area contributed by atoms with Crippen LogP contribution in [0.1, 0.15) is 24.8 Å². The zero-order valence-electron chi connectivity index (χ0n) is 25.0. The quantitative estimate of drug-likeness (QED) is 0.128. The second kappa shape index (κ2) is 16.0. The first kappa shape index (κ1) is 35.6. The lowest BCUT2D eigenvalue weighted by molar-refractivity contribution is -0.220. The van der Waals surface area contributed by atoms with Crippen molar-refractivity contribution >= 4 is 23.6 Å². The molecule has 3 fully saturated rings. The van der Waals surface area contributed by atoms with Crippen LogP contribution >= 0.6 is 0 Å². The Labute approximate surface area is 264 Å². The van der Waals surface area contributed by atoms with E-state index < -0.39 is 110 Å². The van der Waals surface area contributed by atoms with Crippen molar-refractivity contribution in [2.75, 3.05) is 19.6 Å². The Morgan fingerprint density at radius 1 is 0.630 bits per heavy atom. The molecule has 0 unspecified atom stereocenters. The normalized spacial score (nSPS) is 38.0. The summed E-state index contributed by atoms with van der Waals surface area (Å²) in [7, 11) is 0. The SMILES string of the molecule is NCCCC[C@H]1NC(=O)[C@H]2O[C@@H](CNC(=O)[C@H](Cc3ccccc3)NC(=O)[C@H]3O[C@@H](CNC1=O)[C@H](O)[C@@H](O)[C@@H]3O)[C@H](O)[C@@H](O)[C@@H]2O. The Morgan fingerprint density at radius 3 is 1.61 bits per heavy atom. The molecule has 3 aliphatic rings. The molecule has 0 spiro atoms. The van der Waals surface area contributed by atoms with E-state index in [-0.39, 0.29) is 12.8 Å². The summed E-state index contributed by atoms with van der Waals surface area (Å²) >= 11 is 0. The molecule has 4 bridgehead atoms. The van der Waals surface area contributed by atoms with E-state index in [1.54, 1.807) is 30.3 Å². The van der Waals surface area contributed by atoms with Crippen LogP contribution in [-0.4, -0.2) is 147 Å². The van der Waals surface area contributed by atoms with Crippen molar-refractivity contribution < 1.29 is 59.3 Å². The highest BCUT2D eigenvalue weighted by Crippen LogP contribution is 2.24. The Bertz CT molecular complexity index is 1210. The van der Waals surface area contributed by atoms with Crippen LogP contribution in [0.3, 0.4) is 0 Å². The van der Waals surface area contributed by atoms with Gasteiger partial charge in [0.25, 0.3) is 11.8 Å². The van der Waals surface area contributed by atoms with Crippen LogP contribution in [0.4, 0.5) is 0 Å². The second-order valence-corrected chi connectivity index (χ2v) is 11.7. The number of hydrogen-bond acceptors (Lipinski definition) is 13. The van der Waals surface area contributed by atoms with Crippen molar-refractivity contribution in [1.82, 2.24) is 21.3 Å². The number of fused-ring (bicyclic) bond motifs is 4. The molecule has 1 aromatic carbocycles. The lowest BCUT2D eigenvalue weighted by Gasteiger charge is -2.41. The van der Waals surface area contributed by atoms with Crippen LogP contribution in [0.15, 0.2) is 30.3 Å². The minimum Gasteiger partial charge on any atom is -0.388 e. The van der Waals surface area contributed by atoms with Gasteiger partial charge in [-0.25, -0.2) is 0 Å². The summed E-state index contributed by atoms with van der Waals surface area (Å²) < 4.78 is 11.3. The minimum atomic E-state index is -1.90. The zero-order valence-corrected chi connectivity index (χ0v) is 25.0. The van der Waals surface area contributed by atoms with E-state index in [0.717, 1.165) is 0 Å². The van der Waals surface area contributed by atoms with E-state index in [4.69, 9.17) is 15.2 Å². The van der Waals surface area contributed by atoms with Crippen molar-refractivity contribution in [2.45, 2.75) is 98.8 Å². The molecule has 0 aromatic heterocycles. The van der Waals surface area contributed by atoms with E-state index in [1.807, 2.05) is 0 Å². The number of rotatable bonds is 6. The van der Waals surface area contributed by atoms with E-state index >= 15 is 0 Å². The molecule has 12 atom stereocenters. The van der Waals surface area contributed by atoms with Crippen molar-refractivity contribution in [3.8, 4) is 0 Å². The summed E-state index contributed by atoms with van der Waals surface area (Å²) in [5.74, 6) is -3.50. The standard InChI is InChI=1S/C29H43N5O12/c30-9-5-4-8-14-26(41)31-11-16-18(35)21(38)23(40)25(46-16)29(44)34-15(10-13-6-2-1-3-7-13)27(42)32-12-17-19(36)20(37)22(39)24(45-17)28(43)33-14/h1-3,6-7,14-25,35-40H,4-5,8-12,30H2,(H,31,41)(H,32,42)(H,33,43)(H,34,44)/t14-,15+,16+,17+,18+,19+,20-,21-,22+,23+,24+,25+/m1/s1. The average Bonchev–Trinajstić information content (AvgIpc) is 3.04. The molecular weight excluding hydrogens is 610 g/mol. The number of aliphatic hydroxyl groups excluding tert-OH is 6. The summed E-state index contributed by atoms with van der Waals surface area (Å²) in [6, 6.07) is 6.07. The number of ether oxygens (including phenoxy) is 2. The molecule has 3 heterocycles. The molecule has 0 aliphatic carbocycles. The lowest BCUT2D eigenvalue weighted by atomic mass is 9.93. The number of nitrogens with two attached hydrogens (primary N) is 1. The fourth-order valence-corrected chi connectivity index (χ4v) is 5.65. The summed E-state index contributed by atoms with van der Waals surface area (Å²) in [4.78, 5) is 53.3. The van der Waals surface area contributed by atoms with Gasteiger partial charge in [0.2, 0.25) is 11.8 Å². The van der Waals surface area contributed by atoms with Crippen LogP contribution in [0, 0.1) is 0 Å². The predicted molar refractivity (Wildman–Crippen MR) is 156 cm³/mol. The average molecular weight is 654 g/mol. The molecule has 3 saturated heterocycles. The van der Waals surface area contributed by atoms with Crippen LogP contribution in [0.2, 0.25) is 0 Å². The van der Waals surface area contributed by atoms with Crippen LogP contribution < -0.4 is 27.0 Å². The molecule has 0 saturated carbocycles. The van der Waals surface area contributed by atoms with E-state index in [0.29, 0.717) is 24.9 Å². The fraction of sp³-hybridized carbons (Fsp3) is 0.655. The molecule has 0 radical (unpaired) electrons. The second-order valence-electron chi connectivity index (χ2n) is 11.7. The third kappa shape index (κ3) is 8.36. The third-order valence-electron chi connectivity index (χ3n) is 8.39. The van der Waals surface area contributed by atoms with Crippen molar-refractivity contribution in [3.63, 3.8) is 0 Å². The smallest absolute Gasteiger partial charge is 0.252 e. The first-order valence-corrected chi connectivity index (χ1v) is 15.2. The van der Waals surface area contributed by atoms with Gasteiger partial charge < -0.3 is 67.1 Å². The first-order chi connectivity index (χ1) is 21.9. The molecule has 46 heavy (non-hydrogen) atoms. The molecular formula is C29H43N5O12. The first-order valence-electron chi connectivity index (χ1n) is 15.2. The molecule has 4 amide bonds. The highest BCUT2D eigenvalue weighted by molar-refractivity contribution is 5.91. The number of aliphatic hydroxyl groups is 6. The highest BCUT2D eigenvalue weighted by Gasteiger charge is 2.49. The van der Waals surface area contributed by atoms with Gasteiger partial charge in [0.15, 0.2) is 12.2 Å². The van der Waals surface area contributed by atoms with Crippen molar-refractivity contribution in [2.24, 2.45) is 5.73 Å². The maximum Gasteiger partial charge on any atom is 0.252 e. The number of hydrogen-bond donors (Lipinski definition) is 11. The van der Waals surface area contributed by atoms with Gasteiger partial charge >= 0.3 is 0 Å². The fourth-order valence-electron chi connectivity index (χ4n) is 5.65. The van der Waals surface area contributed by atoms with Gasteiger partial charge in [-0.1, -0.05) is 30.3 Å². The topological polar surface area (TPSA) is 282 Å². The number of amides is 4. The number of unbranched alkanes of at least 4 members (excludes halogenated alkanes) is 1. The molecule has 17 nitrogen and oxygen atoms in total. The molecule has 17 heteroatoms. The van der Waals surface area contributed by atoms with Crippen LogP contribution in [-0.2, 0) is 35.1 Å². The van der Waals surface area contributed by atoms with E-state index in [9.17, 15) is 49.8 Å². The Morgan fingerprint density at radius 2 is 1.11 bits per heavy atom. The summed E-state index contributed by atoms with van der Waals surface area (Å²) in [5, 5.41) is 73.4. The maximum absolute atomic E-state index is 13.4. The number of carbonyl (C=O) groups excluding carboxylic acids is 4. The third-order valence-corrected chi connectivity index (χ3v) is 8.39. The summed E-state index contributed by atoms with van der Waals surface area (Å²) in [5.41, 5.74) is 6.20. The van der Waals surface area contributed by atoms with Gasteiger partial charge in [-0.3, -0.25) is 19.2 Å². The van der Waals surface area contributed by atoms with Gasteiger partial charge in [-0.15, -0.1) is 0 Å². The summed E-state index contributed by atoms with van der Waals surface area (Å²) in [6.07, 6.45) is -16.3. The summed E-state index contributed by atoms with van der Waals surface area (Å²) in [6.45, 7) is -0.618. The number of nitrogens with one attached hydrogen (secondary N) is 4. The molecule has 256 valence electrons. The van der Waals surface area contributed by atoms with E-state index in [2.05, 4.69) is 21.3 Å². The number of carbonyl (C=O) groups is 4. The molecule has 12 N–H and O–H groups in total. The zero-order chi connectivity index (χ0) is 33.5. The highest BCUT2D eigenvalue weighted by atomic mass is 16.5. The molecule has 3 aliphatic heterocycles. The Balaban J connectivity index is 1.65. The van der Waals surface area contributed by atoms with Crippen LogP contribution in [0.5, 0.6) is 0 Å². The maximum atomic E-state index is 13.4. The predicted octanol–water partition coefficient (Wildman–Crippen LogP) is -5.73. The van der Waals surface area contributed by atoms with Gasteiger partial charge in [0.1, 0.15) is 60.9 Å². The van der Waals surface area contributed by atoms with E-state index in [1.165, 1.54) is 0 Å².